The molecular formula is C8H13BrN2. The van der Waals surface area contributed by atoms with Crippen LogP contribution in [0.5, 0.6) is 0 Å². The number of aromatic nitrogens is 2. The maximum atomic E-state index is 4.38. The van der Waals surface area contributed by atoms with Crippen molar-refractivity contribution < 1.29 is 0 Å². The van der Waals surface area contributed by atoms with Gasteiger partial charge in [-0.25, -0.2) is 0 Å². The van der Waals surface area contributed by atoms with Crippen LogP contribution in [0.1, 0.15) is 31.3 Å². The second-order valence-corrected chi connectivity index (χ2v) is 3.82. The highest BCUT2D eigenvalue weighted by molar-refractivity contribution is 9.10. The van der Waals surface area contributed by atoms with Crippen LogP contribution in [0.4, 0.5) is 0 Å². The molecule has 0 fully saturated rings. The zero-order valence-electron chi connectivity index (χ0n) is 7.35. The van der Waals surface area contributed by atoms with E-state index >= 15 is 0 Å². The van der Waals surface area contributed by atoms with Crippen LogP contribution in [0.2, 0.25) is 0 Å². The minimum absolute atomic E-state index is 0.444. The maximum absolute atomic E-state index is 4.38. The monoisotopic (exact) mass is 216 g/mol. The third-order valence-electron chi connectivity index (χ3n) is 1.73. The maximum Gasteiger partial charge on any atom is 0.0738 e. The normalized spacial score (nSPS) is 11.1. The van der Waals surface area contributed by atoms with Crippen LogP contribution in [-0.4, -0.2) is 9.78 Å². The summed E-state index contributed by atoms with van der Waals surface area (Å²) < 4.78 is 3.16. The number of nitrogens with zero attached hydrogens (tertiary/aromatic N) is 2. The van der Waals surface area contributed by atoms with Crippen molar-refractivity contribution in [3.05, 3.63) is 15.9 Å². The van der Waals surface area contributed by atoms with Crippen LogP contribution in [0.25, 0.3) is 0 Å². The van der Waals surface area contributed by atoms with Gasteiger partial charge in [0.05, 0.1) is 15.9 Å². The van der Waals surface area contributed by atoms with Gasteiger partial charge in [-0.1, -0.05) is 0 Å². The van der Waals surface area contributed by atoms with Gasteiger partial charge in [0.15, 0.2) is 0 Å². The van der Waals surface area contributed by atoms with Crippen molar-refractivity contribution >= 4 is 15.9 Å². The number of hydrogen-bond donors (Lipinski definition) is 0. The van der Waals surface area contributed by atoms with Crippen molar-refractivity contribution in [1.82, 2.24) is 9.78 Å². The predicted molar refractivity (Wildman–Crippen MR) is 49.8 cm³/mol. The zero-order valence-corrected chi connectivity index (χ0v) is 8.94. The van der Waals surface area contributed by atoms with Gasteiger partial charge in [-0.05, 0) is 43.6 Å². The van der Waals surface area contributed by atoms with Crippen LogP contribution >= 0.6 is 15.9 Å². The molecule has 0 aliphatic heterocycles. The van der Waals surface area contributed by atoms with Gasteiger partial charge >= 0.3 is 0 Å². The quantitative estimate of drug-likeness (QED) is 0.707. The molecule has 2 nitrogen and oxygen atoms in total. The van der Waals surface area contributed by atoms with Crippen LogP contribution in [0, 0.1) is 13.8 Å². The SMILES string of the molecule is Cc1nn(C(C)C)c(C)c1Br. The van der Waals surface area contributed by atoms with E-state index in [0.29, 0.717) is 6.04 Å². The van der Waals surface area contributed by atoms with Crippen LogP contribution in [0.3, 0.4) is 0 Å². The smallest absolute Gasteiger partial charge is 0.0738 e. The molecule has 0 saturated heterocycles. The molecule has 0 N–H and O–H groups in total. The standard InChI is InChI=1S/C8H13BrN2/c1-5(2)11-7(4)8(9)6(3)10-11/h5H,1-4H3. The van der Waals surface area contributed by atoms with Crippen LogP contribution < -0.4 is 0 Å². The highest BCUT2D eigenvalue weighted by atomic mass is 79.9. The number of hydrogen-bond acceptors (Lipinski definition) is 1. The highest BCUT2D eigenvalue weighted by Crippen LogP contribution is 2.22. The Bertz CT molecular complexity index is 263. The average molecular weight is 217 g/mol. The molecule has 0 amide bonds. The predicted octanol–water partition coefficient (Wildman–Crippen LogP) is 2.84. The molecule has 1 aromatic rings. The Morgan fingerprint density at radius 1 is 1.36 bits per heavy atom. The second-order valence-electron chi connectivity index (χ2n) is 3.02. The molecule has 0 saturated carbocycles. The zero-order chi connectivity index (χ0) is 8.59. The third-order valence-corrected chi connectivity index (χ3v) is 2.87. The van der Waals surface area contributed by atoms with Crippen LogP contribution in [0.15, 0.2) is 4.47 Å². The lowest BCUT2D eigenvalue weighted by atomic mass is 10.3. The van der Waals surface area contributed by atoms with Crippen LogP contribution in [-0.2, 0) is 0 Å². The fourth-order valence-electron chi connectivity index (χ4n) is 1.15. The largest absolute Gasteiger partial charge is 0.266 e. The summed E-state index contributed by atoms with van der Waals surface area (Å²) in [4.78, 5) is 0. The number of aryl methyl sites for hydroxylation is 1. The van der Waals surface area contributed by atoms with Gasteiger partial charge in [0, 0.05) is 6.04 Å². The lowest BCUT2D eigenvalue weighted by Crippen LogP contribution is -2.04. The van der Waals surface area contributed by atoms with E-state index in [2.05, 4.69) is 41.8 Å². The molecule has 0 aliphatic rings. The molecule has 1 heterocycles. The van der Waals surface area contributed by atoms with Crippen molar-refractivity contribution in [2.24, 2.45) is 0 Å². The van der Waals surface area contributed by atoms with E-state index < -0.39 is 0 Å². The molecule has 3 heteroatoms. The van der Waals surface area contributed by atoms with E-state index in [0.717, 1.165) is 10.2 Å². The molecule has 11 heavy (non-hydrogen) atoms. The van der Waals surface area contributed by atoms with E-state index in [9.17, 15) is 0 Å². The van der Waals surface area contributed by atoms with Gasteiger partial charge < -0.3 is 0 Å². The first kappa shape index (κ1) is 8.78. The molecular weight excluding hydrogens is 204 g/mol. The van der Waals surface area contributed by atoms with Crippen molar-refractivity contribution in [2.75, 3.05) is 0 Å². The van der Waals surface area contributed by atoms with Crippen molar-refractivity contribution in [3.8, 4) is 0 Å². The van der Waals surface area contributed by atoms with Gasteiger partial charge in [0.25, 0.3) is 0 Å². The molecule has 0 atom stereocenters. The van der Waals surface area contributed by atoms with Crippen molar-refractivity contribution in [1.29, 1.82) is 0 Å². The number of rotatable bonds is 1. The van der Waals surface area contributed by atoms with Gasteiger partial charge in [0.1, 0.15) is 0 Å². The molecule has 62 valence electrons. The second kappa shape index (κ2) is 2.97. The fraction of sp³-hybridized carbons (Fsp3) is 0.625. The minimum atomic E-state index is 0.444. The van der Waals surface area contributed by atoms with E-state index in [1.54, 1.807) is 0 Å². The summed E-state index contributed by atoms with van der Waals surface area (Å²) in [5.74, 6) is 0. The first-order valence-corrected chi connectivity index (χ1v) is 4.54. The Hall–Kier alpha value is -0.310. The Balaban J connectivity index is 3.19. The Kier molecular flexibility index (Phi) is 2.37. The lowest BCUT2D eigenvalue weighted by molar-refractivity contribution is 0.516. The topological polar surface area (TPSA) is 17.8 Å². The summed E-state index contributed by atoms with van der Waals surface area (Å²) in [6, 6.07) is 0.444. The molecule has 0 spiro atoms. The average Bonchev–Trinajstić information content (AvgIpc) is 2.17. The highest BCUT2D eigenvalue weighted by Gasteiger charge is 2.09. The summed E-state index contributed by atoms with van der Waals surface area (Å²) >= 11 is 3.48. The van der Waals surface area contributed by atoms with E-state index in [-0.39, 0.29) is 0 Å². The van der Waals surface area contributed by atoms with E-state index in [1.807, 2.05) is 11.6 Å². The minimum Gasteiger partial charge on any atom is -0.266 e. The van der Waals surface area contributed by atoms with Crippen molar-refractivity contribution in [3.63, 3.8) is 0 Å². The van der Waals surface area contributed by atoms with Gasteiger partial charge in [-0.15, -0.1) is 0 Å². The summed E-state index contributed by atoms with van der Waals surface area (Å²) in [6.07, 6.45) is 0. The molecule has 0 bridgehead atoms. The van der Waals surface area contributed by atoms with E-state index in [1.165, 1.54) is 5.69 Å². The Labute approximate surface area is 75.7 Å². The summed E-state index contributed by atoms with van der Waals surface area (Å²) in [5, 5.41) is 4.38. The number of halogens is 1. The fourth-order valence-corrected chi connectivity index (χ4v) is 1.41. The third kappa shape index (κ3) is 1.48. The Morgan fingerprint density at radius 3 is 2.09 bits per heavy atom. The molecule has 1 aromatic heterocycles. The summed E-state index contributed by atoms with van der Waals surface area (Å²) in [6.45, 7) is 8.35. The molecule has 0 aliphatic carbocycles. The first-order chi connectivity index (χ1) is 5.04. The van der Waals surface area contributed by atoms with Crippen molar-refractivity contribution in [2.45, 2.75) is 33.7 Å². The van der Waals surface area contributed by atoms with Gasteiger partial charge in [-0.3, -0.25) is 4.68 Å². The summed E-state index contributed by atoms with van der Waals surface area (Å²) in [5.41, 5.74) is 2.27. The molecule has 0 unspecified atom stereocenters. The van der Waals surface area contributed by atoms with Gasteiger partial charge in [-0.2, -0.15) is 5.10 Å². The van der Waals surface area contributed by atoms with E-state index in [4.69, 9.17) is 0 Å². The molecule has 0 radical (unpaired) electrons. The Morgan fingerprint density at radius 2 is 1.91 bits per heavy atom. The molecule has 1 rings (SSSR count). The van der Waals surface area contributed by atoms with Gasteiger partial charge in [0.2, 0.25) is 0 Å². The first-order valence-electron chi connectivity index (χ1n) is 3.75. The summed E-state index contributed by atoms with van der Waals surface area (Å²) in [7, 11) is 0. The molecule has 0 aromatic carbocycles. The lowest BCUT2D eigenvalue weighted by Gasteiger charge is -2.06.